The van der Waals surface area contributed by atoms with E-state index in [-0.39, 0.29) is 25.0 Å². The molecule has 1 aliphatic rings. The lowest BCUT2D eigenvalue weighted by atomic mass is 9.86. The second kappa shape index (κ2) is 5.65. The van der Waals surface area contributed by atoms with Crippen LogP contribution in [0.2, 0.25) is 5.02 Å². The number of amides is 1. The minimum absolute atomic E-state index is 0.0326. The molecule has 1 aromatic carbocycles. The molecule has 0 bridgehead atoms. The zero-order chi connectivity index (χ0) is 16.8. The molecule has 1 atom stereocenters. The van der Waals surface area contributed by atoms with Crippen LogP contribution in [-0.2, 0) is 10.4 Å². The van der Waals surface area contributed by atoms with Gasteiger partial charge in [0, 0.05) is 10.7 Å². The molecule has 23 heavy (non-hydrogen) atoms. The van der Waals surface area contributed by atoms with Crippen molar-refractivity contribution in [3.05, 3.63) is 52.3 Å². The van der Waals surface area contributed by atoms with Crippen LogP contribution in [0, 0.1) is 13.8 Å². The summed E-state index contributed by atoms with van der Waals surface area (Å²) < 4.78 is 1.73. The van der Waals surface area contributed by atoms with E-state index in [1.54, 1.807) is 33.8 Å². The highest BCUT2D eigenvalue weighted by atomic mass is 35.5. The Balaban J connectivity index is 1.69. The molecule has 1 amide bonds. The first-order valence-corrected chi connectivity index (χ1v) is 7.98. The SMILES string of the molecule is Cc1cc(C)n(C(C)C(=O)N2CC(O)(c3ccc(Cl)cc3)C2)n1. The largest absolute Gasteiger partial charge is 0.381 e. The number of nitrogens with zero attached hydrogens (tertiary/aromatic N) is 3. The van der Waals surface area contributed by atoms with Gasteiger partial charge in [-0.25, -0.2) is 0 Å². The number of rotatable bonds is 3. The van der Waals surface area contributed by atoms with Gasteiger partial charge in [-0.2, -0.15) is 5.10 Å². The predicted octanol–water partition coefficient (Wildman–Crippen LogP) is 2.44. The third-order valence-electron chi connectivity index (χ3n) is 4.37. The number of β-amino-alcohol motifs (C(OH)–C–C–N with tert-alkyl or cyclic N) is 1. The van der Waals surface area contributed by atoms with Gasteiger partial charge < -0.3 is 10.0 Å². The van der Waals surface area contributed by atoms with Gasteiger partial charge in [-0.1, -0.05) is 23.7 Å². The van der Waals surface area contributed by atoms with Crippen LogP contribution >= 0.6 is 11.6 Å². The van der Waals surface area contributed by atoms with Gasteiger partial charge in [0.2, 0.25) is 5.91 Å². The number of hydrogen-bond acceptors (Lipinski definition) is 3. The first kappa shape index (κ1) is 16.0. The maximum absolute atomic E-state index is 12.6. The van der Waals surface area contributed by atoms with Gasteiger partial charge in [0.05, 0.1) is 18.8 Å². The summed E-state index contributed by atoms with van der Waals surface area (Å²) in [6.45, 7) is 6.25. The lowest BCUT2D eigenvalue weighted by Gasteiger charge is -2.47. The monoisotopic (exact) mass is 333 g/mol. The first-order valence-electron chi connectivity index (χ1n) is 7.60. The molecule has 0 aliphatic carbocycles. The van der Waals surface area contributed by atoms with Gasteiger partial charge in [0.25, 0.3) is 0 Å². The average Bonchev–Trinajstić information content (AvgIpc) is 2.82. The molecule has 2 heterocycles. The first-order chi connectivity index (χ1) is 10.8. The fraction of sp³-hybridized carbons (Fsp3) is 0.412. The van der Waals surface area contributed by atoms with Crippen molar-refractivity contribution < 1.29 is 9.90 Å². The van der Waals surface area contributed by atoms with Crippen LogP contribution in [0.4, 0.5) is 0 Å². The Bertz CT molecular complexity index is 733. The zero-order valence-corrected chi connectivity index (χ0v) is 14.2. The van der Waals surface area contributed by atoms with E-state index in [4.69, 9.17) is 11.6 Å². The Labute approximate surface area is 140 Å². The van der Waals surface area contributed by atoms with Crippen LogP contribution in [0.5, 0.6) is 0 Å². The van der Waals surface area contributed by atoms with Gasteiger partial charge in [-0.15, -0.1) is 0 Å². The summed E-state index contributed by atoms with van der Waals surface area (Å²) in [6.07, 6.45) is 0. The molecule has 1 aliphatic heterocycles. The van der Waals surface area contributed by atoms with Crippen molar-refractivity contribution in [3.63, 3.8) is 0 Å². The fourth-order valence-electron chi connectivity index (χ4n) is 3.09. The number of carbonyl (C=O) groups excluding carboxylic acids is 1. The second-order valence-electron chi connectivity index (χ2n) is 6.28. The minimum atomic E-state index is -0.991. The summed E-state index contributed by atoms with van der Waals surface area (Å²) in [6, 6.07) is 8.67. The quantitative estimate of drug-likeness (QED) is 0.938. The number of likely N-dealkylation sites (tertiary alicyclic amines) is 1. The normalized spacial score (nSPS) is 17.7. The summed E-state index contributed by atoms with van der Waals surface area (Å²) in [5.74, 6) is -0.0326. The van der Waals surface area contributed by atoms with Gasteiger partial charge in [-0.05, 0) is 44.5 Å². The molecule has 1 saturated heterocycles. The molecule has 5 nitrogen and oxygen atoms in total. The second-order valence-corrected chi connectivity index (χ2v) is 6.72. The van der Waals surface area contributed by atoms with Crippen LogP contribution in [0.1, 0.15) is 29.9 Å². The van der Waals surface area contributed by atoms with Crippen molar-refractivity contribution in [1.82, 2.24) is 14.7 Å². The van der Waals surface area contributed by atoms with Crippen LogP contribution in [0.3, 0.4) is 0 Å². The lowest BCUT2D eigenvalue weighted by molar-refractivity contribution is -0.160. The van der Waals surface area contributed by atoms with E-state index in [9.17, 15) is 9.90 Å². The molecule has 122 valence electrons. The molecule has 6 heteroatoms. The third kappa shape index (κ3) is 2.86. The Morgan fingerprint density at radius 3 is 2.43 bits per heavy atom. The van der Waals surface area contributed by atoms with Crippen LogP contribution < -0.4 is 0 Å². The van der Waals surface area contributed by atoms with Crippen molar-refractivity contribution in [1.29, 1.82) is 0 Å². The van der Waals surface area contributed by atoms with Gasteiger partial charge in [0.1, 0.15) is 11.6 Å². The minimum Gasteiger partial charge on any atom is -0.381 e. The Morgan fingerprint density at radius 1 is 1.30 bits per heavy atom. The predicted molar refractivity (Wildman–Crippen MR) is 88.3 cm³/mol. The average molecular weight is 334 g/mol. The molecule has 0 radical (unpaired) electrons. The molecule has 3 rings (SSSR count). The maximum Gasteiger partial charge on any atom is 0.247 e. The summed E-state index contributed by atoms with van der Waals surface area (Å²) in [5.41, 5.74) is 1.64. The van der Waals surface area contributed by atoms with Crippen molar-refractivity contribution in [2.45, 2.75) is 32.4 Å². The van der Waals surface area contributed by atoms with Crippen molar-refractivity contribution in [2.24, 2.45) is 0 Å². The Kier molecular flexibility index (Phi) is 3.94. The van der Waals surface area contributed by atoms with E-state index < -0.39 is 5.60 Å². The van der Waals surface area contributed by atoms with Gasteiger partial charge in [-0.3, -0.25) is 9.48 Å². The molecule has 1 aromatic heterocycles. The van der Waals surface area contributed by atoms with E-state index in [0.29, 0.717) is 5.02 Å². The number of benzene rings is 1. The van der Waals surface area contributed by atoms with Gasteiger partial charge >= 0.3 is 0 Å². The number of aryl methyl sites for hydroxylation is 2. The maximum atomic E-state index is 12.6. The van der Waals surface area contributed by atoms with Crippen molar-refractivity contribution in [2.75, 3.05) is 13.1 Å². The number of carbonyl (C=O) groups is 1. The van der Waals surface area contributed by atoms with Gasteiger partial charge in [0.15, 0.2) is 0 Å². The smallest absolute Gasteiger partial charge is 0.247 e. The number of hydrogen-bond donors (Lipinski definition) is 1. The highest BCUT2D eigenvalue weighted by molar-refractivity contribution is 6.30. The summed E-state index contributed by atoms with van der Waals surface area (Å²) in [5, 5.41) is 15.6. The highest BCUT2D eigenvalue weighted by Gasteiger charge is 2.46. The van der Waals surface area contributed by atoms with Crippen molar-refractivity contribution in [3.8, 4) is 0 Å². The summed E-state index contributed by atoms with van der Waals surface area (Å²) >= 11 is 5.87. The molecular weight excluding hydrogens is 314 g/mol. The van der Waals surface area contributed by atoms with Crippen LogP contribution in [0.25, 0.3) is 0 Å². The number of aliphatic hydroxyl groups is 1. The lowest BCUT2D eigenvalue weighted by Crippen LogP contribution is -2.62. The standard InChI is InChI=1S/C17H20ClN3O2/c1-11-8-12(2)21(19-11)13(3)16(22)20-9-17(23,10-20)14-4-6-15(18)7-5-14/h4-8,13,23H,9-10H2,1-3H3. The third-order valence-corrected chi connectivity index (χ3v) is 4.62. The van der Waals surface area contributed by atoms with E-state index in [0.717, 1.165) is 17.0 Å². The number of aromatic nitrogens is 2. The fourth-order valence-corrected chi connectivity index (χ4v) is 3.22. The van der Waals surface area contributed by atoms with Crippen molar-refractivity contribution >= 4 is 17.5 Å². The Hall–Kier alpha value is -1.85. The summed E-state index contributed by atoms with van der Waals surface area (Å²) in [7, 11) is 0. The molecule has 1 unspecified atom stereocenters. The van der Waals surface area contributed by atoms with E-state index in [1.807, 2.05) is 26.8 Å². The Morgan fingerprint density at radius 2 is 1.91 bits per heavy atom. The van der Waals surface area contributed by atoms with E-state index in [1.165, 1.54) is 0 Å². The topological polar surface area (TPSA) is 58.4 Å². The number of halogens is 1. The molecular formula is C17H20ClN3O2. The molecule has 2 aromatic rings. The van der Waals surface area contributed by atoms with Crippen LogP contribution in [0.15, 0.2) is 30.3 Å². The molecule has 0 saturated carbocycles. The molecule has 0 spiro atoms. The van der Waals surface area contributed by atoms with Crippen LogP contribution in [-0.4, -0.2) is 38.8 Å². The zero-order valence-electron chi connectivity index (χ0n) is 13.5. The van der Waals surface area contributed by atoms with E-state index >= 15 is 0 Å². The molecule has 1 fully saturated rings. The highest BCUT2D eigenvalue weighted by Crippen LogP contribution is 2.34. The van der Waals surface area contributed by atoms with E-state index in [2.05, 4.69) is 5.10 Å². The molecule has 1 N–H and O–H groups in total. The summed E-state index contributed by atoms with van der Waals surface area (Å²) in [4.78, 5) is 14.3.